The molecule has 7 nitrogen and oxygen atoms in total. The van der Waals surface area contributed by atoms with Gasteiger partial charge in [0.05, 0.1) is 13.0 Å². The molecule has 3 aromatic carbocycles. The average molecular weight is 436 g/mol. The van der Waals surface area contributed by atoms with Gasteiger partial charge in [-0.2, -0.15) is 0 Å². The van der Waals surface area contributed by atoms with Gasteiger partial charge in [-0.05, 0) is 61.0 Å². The van der Waals surface area contributed by atoms with Crippen LogP contribution in [0.2, 0.25) is 0 Å². The number of rotatable bonds is 7. The molecular weight excluding hydrogens is 415 g/mol. The lowest BCUT2D eigenvalue weighted by Crippen LogP contribution is -2.16. The number of nitrogens with one attached hydrogen (secondary N) is 2. The number of anilines is 2. The van der Waals surface area contributed by atoms with Crippen LogP contribution in [0.4, 0.5) is 20.6 Å². The van der Waals surface area contributed by atoms with E-state index in [4.69, 9.17) is 9.47 Å². The first kappa shape index (κ1) is 22.5. The van der Waals surface area contributed by atoms with E-state index in [1.165, 1.54) is 30.3 Å². The summed E-state index contributed by atoms with van der Waals surface area (Å²) in [7, 11) is 0. The van der Waals surface area contributed by atoms with Gasteiger partial charge in [-0.15, -0.1) is 0 Å². The Balaban J connectivity index is 1.59. The van der Waals surface area contributed by atoms with E-state index in [1.807, 2.05) is 0 Å². The van der Waals surface area contributed by atoms with Gasteiger partial charge in [-0.3, -0.25) is 9.59 Å². The Hall–Kier alpha value is -4.20. The van der Waals surface area contributed by atoms with E-state index in [-0.39, 0.29) is 30.6 Å². The first-order valence-corrected chi connectivity index (χ1v) is 9.84. The molecule has 0 atom stereocenters. The summed E-state index contributed by atoms with van der Waals surface area (Å²) in [6.45, 7) is 1.86. The molecule has 3 rings (SSSR count). The van der Waals surface area contributed by atoms with E-state index in [0.717, 1.165) is 0 Å². The molecule has 0 bridgehead atoms. The zero-order valence-electron chi connectivity index (χ0n) is 17.3. The largest absolute Gasteiger partial charge is 0.513 e. The second-order valence-electron chi connectivity index (χ2n) is 6.66. The Bertz CT molecular complexity index is 1120. The van der Waals surface area contributed by atoms with Crippen LogP contribution in [0.1, 0.15) is 22.8 Å². The molecule has 0 saturated carbocycles. The van der Waals surface area contributed by atoms with Gasteiger partial charge in [0.25, 0.3) is 5.91 Å². The van der Waals surface area contributed by atoms with E-state index in [2.05, 4.69) is 10.6 Å². The summed E-state index contributed by atoms with van der Waals surface area (Å²) in [4.78, 5) is 36.0. The third kappa shape index (κ3) is 6.40. The number of halogens is 1. The Morgan fingerprint density at radius 3 is 2.25 bits per heavy atom. The number of ether oxygens (including phenoxy) is 2. The molecule has 0 fully saturated rings. The number of carbonyl (C=O) groups excluding carboxylic acids is 3. The minimum atomic E-state index is -0.821. The molecule has 0 unspecified atom stereocenters. The Morgan fingerprint density at radius 2 is 1.56 bits per heavy atom. The average Bonchev–Trinajstić information content (AvgIpc) is 2.76. The predicted octanol–water partition coefficient (Wildman–Crippen LogP) is 4.79. The maximum absolute atomic E-state index is 13.7. The van der Waals surface area contributed by atoms with E-state index in [1.54, 1.807) is 49.4 Å². The summed E-state index contributed by atoms with van der Waals surface area (Å²) < 4.78 is 23.4. The van der Waals surface area contributed by atoms with Crippen molar-refractivity contribution in [2.24, 2.45) is 0 Å². The minimum absolute atomic E-state index is 0.108. The van der Waals surface area contributed by atoms with E-state index in [0.29, 0.717) is 22.5 Å². The molecule has 0 radical (unpaired) electrons. The standard InChI is InChI=1S/C24H21FN2O5/c1-2-31-24(30)32-20-12-10-16(11-13-20)23(29)27-19-8-5-7-18(15-19)26-22(28)14-17-6-3-4-9-21(17)25/h3-13,15H,2,14H2,1H3,(H,26,28)(H,27,29). The van der Waals surface area contributed by atoms with E-state index in [9.17, 15) is 18.8 Å². The fourth-order valence-corrected chi connectivity index (χ4v) is 2.82. The van der Waals surface area contributed by atoms with Crippen LogP contribution in [-0.4, -0.2) is 24.6 Å². The summed E-state index contributed by atoms with van der Waals surface area (Å²) in [5.74, 6) is -0.958. The van der Waals surface area contributed by atoms with Crippen LogP contribution in [0.25, 0.3) is 0 Å². The van der Waals surface area contributed by atoms with Crippen molar-refractivity contribution in [3.63, 3.8) is 0 Å². The number of carbonyl (C=O) groups is 3. The summed E-state index contributed by atoms with van der Waals surface area (Å²) >= 11 is 0. The lowest BCUT2D eigenvalue weighted by molar-refractivity contribution is -0.115. The fraction of sp³-hybridized carbons (Fsp3) is 0.125. The number of amides is 2. The van der Waals surface area contributed by atoms with Crippen molar-refractivity contribution >= 4 is 29.3 Å². The maximum atomic E-state index is 13.7. The second-order valence-corrected chi connectivity index (χ2v) is 6.66. The van der Waals surface area contributed by atoms with Crippen LogP contribution in [0.3, 0.4) is 0 Å². The van der Waals surface area contributed by atoms with Crippen LogP contribution in [0, 0.1) is 5.82 Å². The van der Waals surface area contributed by atoms with Crippen LogP contribution in [-0.2, 0) is 16.0 Å². The Labute approximate surface area is 184 Å². The molecule has 0 aliphatic heterocycles. The third-order valence-electron chi connectivity index (χ3n) is 4.29. The number of hydrogen-bond acceptors (Lipinski definition) is 5. The molecule has 2 N–H and O–H groups in total. The van der Waals surface area contributed by atoms with Gasteiger partial charge in [0.15, 0.2) is 0 Å². The number of benzene rings is 3. The Kier molecular flexibility index (Phi) is 7.53. The molecule has 2 amide bonds. The number of hydrogen-bond donors (Lipinski definition) is 2. The minimum Gasteiger partial charge on any atom is -0.434 e. The smallest absolute Gasteiger partial charge is 0.434 e. The molecule has 0 aliphatic carbocycles. The van der Waals surface area contributed by atoms with Crippen LogP contribution >= 0.6 is 0 Å². The Morgan fingerprint density at radius 1 is 0.875 bits per heavy atom. The first-order valence-electron chi connectivity index (χ1n) is 9.84. The molecule has 0 aromatic heterocycles. The zero-order chi connectivity index (χ0) is 22.9. The highest BCUT2D eigenvalue weighted by Gasteiger charge is 2.11. The van der Waals surface area contributed by atoms with Gasteiger partial charge in [0.2, 0.25) is 5.91 Å². The molecule has 0 saturated heterocycles. The summed E-state index contributed by atoms with van der Waals surface area (Å²) in [5, 5.41) is 5.42. The topological polar surface area (TPSA) is 93.7 Å². The van der Waals surface area contributed by atoms with Crippen molar-refractivity contribution in [1.29, 1.82) is 0 Å². The van der Waals surface area contributed by atoms with Gasteiger partial charge < -0.3 is 20.1 Å². The molecule has 3 aromatic rings. The lowest BCUT2D eigenvalue weighted by atomic mass is 10.1. The fourth-order valence-electron chi connectivity index (χ4n) is 2.82. The van der Waals surface area contributed by atoms with Crippen molar-refractivity contribution in [3.05, 3.63) is 89.7 Å². The van der Waals surface area contributed by atoms with Crippen LogP contribution < -0.4 is 15.4 Å². The van der Waals surface area contributed by atoms with Gasteiger partial charge in [-0.1, -0.05) is 24.3 Å². The van der Waals surface area contributed by atoms with Gasteiger partial charge in [0, 0.05) is 16.9 Å². The van der Waals surface area contributed by atoms with E-state index >= 15 is 0 Å². The van der Waals surface area contributed by atoms with Crippen molar-refractivity contribution in [2.45, 2.75) is 13.3 Å². The highest BCUT2D eigenvalue weighted by Crippen LogP contribution is 2.18. The molecule has 0 aliphatic rings. The summed E-state index contributed by atoms with van der Waals surface area (Å²) in [6.07, 6.45) is -0.928. The SMILES string of the molecule is CCOC(=O)Oc1ccc(C(=O)Nc2cccc(NC(=O)Cc3ccccc3F)c2)cc1. The van der Waals surface area contributed by atoms with Crippen molar-refractivity contribution in [2.75, 3.05) is 17.2 Å². The van der Waals surface area contributed by atoms with Gasteiger partial charge in [0.1, 0.15) is 11.6 Å². The highest BCUT2D eigenvalue weighted by atomic mass is 19.1. The van der Waals surface area contributed by atoms with Crippen LogP contribution in [0.15, 0.2) is 72.8 Å². The first-order chi connectivity index (χ1) is 15.4. The summed E-state index contributed by atoms with van der Waals surface area (Å²) in [5.41, 5.74) is 1.56. The molecule has 0 heterocycles. The highest BCUT2D eigenvalue weighted by molar-refractivity contribution is 6.04. The van der Waals surface area contributed by atoms with Crippen LogP contribution in [0.5, 0.6) is 5.75 Å². The van der Waals surface area contributed by atoms with Crippen molar-refractivity contribution in [1.82, 2.24) is 0 Å². The lowest BCUT2D eigenvalue weighted by Gasteiger charge is -2.10. The van der Waals surface area contributed by atoms with Gasteiger partial charge >= 0.3 is 6.16 Å². The quantitative estimate of drug-likeness (QED) is 0.410. The molecule has 164 valence electrons. The predicted molar refractivity (Wildman–Crippen MR) is 117 cm³/mol. The van der Waals surface area contributed by atoms with Gasteiger partial charge in [-0.25, -0.2) is 9.18 Å². The third-order valence-corrected chi connectivity index (χ3v) is 4.29. The normalized spacial score (nSPS) is 10.2. The maximum Gasteiger partial charge on any atom is 0.513 e. The molecular formula is C24H21FN2O5. The van der Waals surface area contributed by atoms with Crippen molar-refractivity contribution in [3.8, 4) is 5.75 Å². The summed E-state index contributed by atoms with van der Waals surface area (Å²) in [6, 6.07) is 18.6. The molecule has 32 heavy (non-hydrogen) atoms. The molecule has 8 heteroatoms. The second kappa shape index (κ2) is 10.7. The molecule has 0 spiro atoms. The van der Waals surface area contributed by atoms with E-state index < -0.39 is 12.0 Å². The van der Waals surface area contributed by atoms with Crippen molar-refractivity contribution < 1.29 is 28.2 Å². The zero-order valence-corrected chi connectivity index (χ0v) is 17.3. The monoisotopic (exact) mass is 436 g/mol.